The first-order valence-electron chi connectivity index (χ1n) is 4.40. The van der Waals surface area contributed by atoms with Crippen LogP contribution in [0, 0.1) is 6.92 Å². The number of benzene rings is 1. The zero-order valence-electron chi connectivity index (χ0n) is 8.17. The molecule has 15 heavy (non-hydrogen) atoms. The molecule has 0 saturated carbocycles. The van der Waals surface area contributed by atoms with Crippen LogP contribution in [0.25, 0.3) is 6.08 Å². The summed E-state index contributed by atoms with van der Waals surface area (Å²) in [6, 6.07) is 4.07. The monoisotopic (exact) mass is 216 g/mol. The highest BCUT2D eigenvalue weighted by Gasteiger charge is 2.32. The molecule has 0 unspecified atom stereocenters. The minimum atomic E-state index is -4.33. The molecule has 0 atom stereocenters. The van der Waals surface area contributed by atoms with Crippen molar-refractivity contribution < 1.29 is 18.3 Å². The van der Waals surface area contributed by atoms with Crippen molar-refractivity contribution in [3.05, 3.63) is 41.0 Å². The van der Waals surface area contributed by atoms with Gasteiger partial charge in [0.05, 0.1) is 12.2 Å². The average molecular weight is 216 g/mol. The van der Waals surface area contributed by atoms with Gasteiger partial charge in [-0.1, -0.05) is 24.3 Å². The maximum atomic E-state index is 12.5. The number of aliphatic hydroxyl groups is 1. The fourth-order valence-corrected chi connectivity index (χ4v) is 1.24. The van der Waals surface area contributed by atoms with Crippen LogP contribution in [0.15, 0.2) is 24.3 Å². The Balaban J connectivity index is 3.11. The average Bonchev–Trinajstić information content (AvgIpc) is 2.15. The van der Waals surface area contributed by atoms with E-state index >= 15 is 0 Å². The fraction of sp³-hybridized carbons (Fsp3) is 0.273. The summed E-state index contributed by atoms with van der Waals surface area (Å²) in [6.45, 7) is 1.23. The zero-order valence-corrected chi connectivity index (χ0v) is 8.17. The molecule has 0 aliphatic rings. The van der Waals surface area contributed by atoms with Crippen LogP contribution in [0.4, 0.5) is 13.2 Å². The second kappa shape index (κ2) is 4.49. The van der Waals surface area contributed by atoms with Crippen molar-refractivity contribution in [3.63, 3.8) is 0 Å². The molecule has 0 aromatic heterocycles. The van der Waals surface area contributed by atoms with Crippen LogP contribution in [0.3, 0.4) is 0 Å². The topological polar surface area (TPSA) is 20.2 Å². The van der Waals surface area contributed by atoms with Crippen molar-refractivity contribution in [1.29, 1.82) is 0 Å². The van der Waals surface area contributed by atoms with Crippen LogP contribution in [-0.4, -0.2) is 11.7 Å². The Morgan fingerprint density at radius 2 is 2.00 bits per heavy atom. The molecule has 1 rings (SSSR count). The van der Waals surface area contributed by atoms with Gasteiger partial charge in [0, 0.05) is 0 Å². The predicted molar refractivity (Wildman–Crippen MR) is 52.3 cm³/mol. The van der Waals surface area contributed by atoms with Gasteiger partial charge in [0.2, 0.25) is 0 Å². The number of hydrogen-bond acceptors (Lipinski definition) is 1. The molecule has 1 nitrogen and oxygen atoms in total. The smallest absolute Gasteiger partial charge is 0.392 e. The zero-order chi connectivity index (χ0) is 11.5. The lowest BCUT2D eigenvalue weighted by Gasteiger charge is -2.10. The summed E-state index contributed by atoms with van der Waals surface area (Å²) in [5.41, 5.74) is -0.00628. The highest BCUT2D eigenvalue weighted by Crippen LogP contribution is 2.32. The van der Waals surface area contributed by atoms with Gasteiger partial charge in [-0.2, -0.15) is 13.2 Å². The van der Waals surface area contributed by atoms with E-state index in [0.717, 1.165) is 6.07 Å². The molecule has 82 valence electrons. The molecule has 0 heterocycles. The van der Waals surface area contributed by atoms with Crippen molar-refractivity contribution in [2.45, 2.75) is 13.1 Å². The van der Waals surface area contributed by atoms with E-state index in [2.05, 4.69) is 0 Å². The highest BCUT2D eigenvalue weighted by molar-refractivity contribution is 5.52. The number of hydrogen-bond donors (Lipinski definition) is 1. The largest absolute Gasteiger partial charge is 0.416 e. The van der Waals surface area contributed by atoms with Gasteiger partial charge >= 0.3 is 6.18 Å². The summed E-state index contributed by atoms with van der Waals surface area (Å²) in [7, 11) is 0. The van der Waals surface area contributed by atoms with Crippen LogP contribution in [0.5, 0.6) is 0 Å². The molecular formula is C11H11F3O. The molecular weight excluding hydrogens is 205 g/mol. The van der Waals surface area contributed by atoms with Crippen molar-refractivity contribution in [1.82, 2.24) is 0 Å². The molecule has 0 spiro atoms. The van der Waals surface area contributed by atoms with Crippen molar-refractivity contribution in [3.8, 4) is 0 Å². The van der Waals surface area contributed by atoms with E-state index < -0.39 is 11.7 Å². The number of aryl methyl sites for hydroxylation is 1. The molecule has 4 heteroatoms. The van der Waals surface area contributed by atoms with Gasteiger partial charge in [-0.25, -0.2) is 0 Å². The summed E-state index contributed by atoms with van der Waals surface area (Å²) >= 11 is 0. The van der Waals surface area contributed by atoms with Gasteiger partial charge < -0.3 is 5.11 Å². The SMILES string of the molecule is Cc1ccc(/C=C/CO)cc1C(F)(F)F. The molecule has 1 N–H and O–H groups in total. The molecule has 1 aromatic carbocycles. The summed E-state index contributed by atoms with van der Waals surface area (Å²) in [5, 5.41) is 8.50. The Morgan fingerprint density at radius 3 is 2.53 bits per heavy atom. The van der Waals surface area contributed by atoms with Crippen LogP contribution in [0.1, 0.15) is 16.7 Å². The van der Waals surface area contributed by atoms with E-state index in [1.165, 1.54) is 25.1 Å². The first-order valence-corrected chi connectivity index (χ1v) is 4.40. The van der Waals surface area contributed by atoms with E-state index in [9.17, 15) is 13.2 Å². The first-order chi connectivity index (χ1) is 6.95. The number of halogens is 3. The summed E-state index contributed by atoms with van der Waals surface area (Å²) in [4.78, 5) is 0. The third-order valence-electron chi connectivity index (χ3n) is 1.98. The third-order valence-corrected chi connectivity index (χ3v) is 1.98. The Morgan fingerprint density at radius 1 is 1.33 bits per heavy atom. The van der Waals surface area contributed by atoms with Crippen LogP contribution < -0.4 is 0 Å². The molecule has 0 bridgehead atoms. The van der Waals surface area contributed by atoms with E-state index in [0.29, 0.717) is 5.56 Å². The van der Waals surface area contributed by atoms with E-state index in [1.54, 1.807) is 6.07 Å². The van der Waals surface area contributed by atoms with Crippen LogP contribution >= 0.6 is 0 Å². The molecule has 0 aliphatic heterocycles. The van der Waals surface area contributed by atoms with Gasteiger partial charge in [0.15, 0.2) is 0 Å². The predicted octanol–water partition coefficient (Wildman–Crippen LogP) is 3.02. The van der Waals surface area contributed by atoms with E-state index in [4.69, 9.17) is 5.11 Å². The third kappa shape index (κ3) is 3.09. The number of aliphatic hydroxyl groups excluding tert-OH is 1. The Kier molecular flexibility index (Phi) is 3.52. The first kappa shape index (κ1) is 11.8. The highest BCUT2D eigenvalue weighted by atomic mass is 19.4. The Hall–Kier alpha value is -1.29. The summed E-state index contributed by atoms with van der Waals surface area (Å²) in [5.74, 6) is 0. The summed E-state index contributed by atoms with van der Waals surface area (Å²) < 4.78 is 37.4. The quantitative estimate of drug-likeness (QED) is 0.805. The summed E-state index contributed by atoms with van der Waals surface area (Å²) in [6.07, 6.45) is -1.48. The van der Waals surface area contributed by atoms with Crippen LogP contribution in [0.2, 0.25) is 0 Å². The van der Waals surface area contributed by atoms with Gasteiger partial charge in [-0.05, 0) is 24.1 Å². The second-order valence-corrected chi connectivity index (χ2v) is 3.16. The standard InChI is InChI=1S/C11H11F3O/c1-8-4-5-9(3-2-6-15)7-10(8)11(12,13)14/h2-5,7,15H,6H2,1H3/b3-2+. The molecule has 0 saturated heterocycles. The molecule has 0 aliphatic carbocycles. The normalized spacial score (nSPS) is 12.3. The lowest BCUT2D eigenvalue weighted by Crippen LogP contribution is -2.07. The van der Waals surface area contributed by atoms with Crippen molar-refractivity contribution in [2.75, 3.05) is 6.61 Å². The minimum Gasteiger partial charge on any atom is -0.392 e. The van der Waals surface area contributed by atoms with Crippen molar-refractivity contribution >= 4 is 6.08 Å². The van der Waals surface area contributed by atoms with Gasteiger partial charge in [-0.15, -0.1) is 0 Å². The second-order valence-electron chi connectivity index (χ2n) is 3.16. The van der Waals surface area contributed by atoms with Gasteiger partial charge in [0.25, 0.3) is 0 Å². The van der Waals surface area contributed by atoms with Crippen molar-refractivity contribution in [2.24, 2.45) is 0 Å². The molecule has 0 radical (unpaired) electrons. The Bertz CT molecular complexity index is 367. The lowest BCUT2D eigenvalue weighted by atomic mass is 10.0. The lowest BCUT2D eigenvalue weighted by molar-refractivity contribution is -0.138. The number of rotatable bonds is 2. The number of alkyl halides is 3. The molecule has 0 amide bonds. The van der Waals surface area contributed by atoms with Gasteiger partial charge in [-0.3, -0.25) is 0 Å². The van der Waals surface area contributed by atoms with E-state index in [1.807, 2.05) is 0 Å². The van der Waals surface area contributed by atoms with Crippen LogP contribution in [-0.2, 0) is 6.18 Å². The maximum Gasteiger partial charge on any atom is 0.416 e. The fourth-order valence-electron chi connectivity index (χ4n) is 1.24. The van der Waals surface area contributed by atoms with Gasteiger partial charge in [0.1, 0.15) is 0 Å². The maximum absolute atomic E-state index is 12.5. The molecule has 0 fully saturated rings. The minimum absolute atomic E-state index is 0.185. The molecule has 1 aromatic rings. The Labute approximate surface area is 85.9 Å². The van der Waals surface area contributed by atoms with E-state index in [-0.39, 0.29) is 12.2 Å².